The van der Waals surface area contributed by atoms with E-state index in [1.165, 1.54) is 64.2 Å². The van der Waals surface area contributed by atoms with Gasteiger partial charge < -0.3 is 14.7 Å². The third kappa shape index (κ3) is 15.0. The normalized spacial score (nSPS) is 12.6. The molecule has 1 atom stereocenters. The number of aliphatic hydroxyl groups excluding tert-OH is 2. The molecular weight excluding hydrogens is 373 g/mol. The maximum absolute atomic E-state index is 11.5. The minimum absolute atomic E-state index is 0.0638. The molecule has 0 radical (unpaired) electrons. The molecule has 1 unspecified atom stereocenters. The van der Waals surface area contributed by atoms with Crippen LogP contribution in [0.15, 0.2) is 0 Å². The number of nitrogens with zero attached hydrogens (tertiary/aromatic N) is 1. The number of hydrogen-bond donors (Lipinski definition) is 2. The molecule has 0 saturated heterocycles. The summed E-state index contributed by atoms with van der Waals surface area (Å²) < 4.78 is 17.5. The second-order valence-corrected chi connectivity index (χ2v) is 8.58. The maximum Gasteiger partial charge on any atom is 0.180 e. The molecule has 2 N–H and O–H groups in total. The van der Waals surface area contributed by atoms with E-state index in [1.54, 1.807) is 0 Å². The Labute approximate surface area is 175 Å². The summed E-state index contributed by atoms with van der Waals surface area (Å²) in [4.78, 5) is 2.06. The van der Waals surface area contributed by atoms with Gasteiger partial charge >= 0.3 is 0 Å². The molecule has 0 rings (SSSR count). The molecule has 0 heterocycles. The van der Waals surface area contributed by atoms with Crippen molar-refractivity contribution in [1.82, 2.24) is 4.90 Å². The summed E-state index contributed by atoms with van der Waals surface area (Å²) in [5.74, 6) is 0. The van der Waals surface area contributed by atoms with E-state index in [9.17, 15) is 14.8 Å². The highest BCUT2D eigenvalue weighted by Crippen LogP contribution is 2.32. The van der Waals surface area contributed by atoms with Crippen molar-refractivity contribution in [2.75, 3.05) is 32.8 Å². The number of hydrogen-bond acceptors (Lipinski definition) is 5. The van der Waals surface area contributed by atoms with Crippen LogP contribution < -0.4 is 0 Å². The summed E-state index contributed by atoms with van der Waals surface area (Å²) in [5, 5.41) is 18.7. The average molecular weight is 422 g/mol. The van der Waals surface area contributed by atoms with Gasteiger partial charge in [0.2, 0.25) is 0 Å². The molecule has 0 amide bonds. The Morgan fingerprint density at radius 3 is 1.57 bits per heavy atom. The fraction of sp³-hybridized carbons (Fsp3) is 1.00. The van der Waals surface area contributed by atoms with Crippen LogP contribution in [0.1, 0.15) is 104 Å². The van der Waals surface area contributed by atoms with Crippen molar-refractivity contribution in [3.8, 4) is 0 Å². The van der Waals surface area contributed by atoms with Gasteiger partial charge in [-0.25, -0.2) is 0 Å². The molecule has 28 heavy (non-hydrogen) atoms. The van der Waals surface area contributed by atoms with Crippen molar-refractivity contribution in [2.24, 2.45) is 0 Å². The van der Waals surface area contributed by atoms with Crippen LogP contribution in [0.2, 0.25) is 0 Å². The van der Waals surface area contributed by atoms with Crippen LogP contribution in [0.5, 0.6) is 0 Å². The van der Waals surface area contributed by atoms with Gasteiger partial charge in [-0.15, -0.1) is 0 Å². The Morgan fingerprint density at radius 2 is 1.18 bits per heavy atom. The van der Waals surface area contributed by atoms with Crippen molar-refractivity contribution in [1.29, 1.82) is 0 Å². The fourth-order valence-electron chi connectivity index (χ4n) is 3.96. The molecule has 0 aromatic carbocycles. The van der Waals surface area contributed by atoms with Crippen LogP contribution in [0, 0.1) is 0 Å². The number of rotatable bonds is 22. The lowest BCUT2D eigenvalue weighted by Gasteiger charge is -2.37. The van der Waals surface area contributed by atoms with Gasteiger partial charge in [-0.3, -0.25) is 9.46 Å². The first-order valence-electron chi connectivity index (χ1n) is 11.7. The molecule has 0 aliphatic heterocycles. The largest absolute Gasteiger partial charge is 0.395 e. The van der Waals surface area contributed by atoms with Gasteiger partial charge in [0, 0.05) is 19.6 Å². The van der Waals surface area contributed by atoms with Crippen molar-refractivity contribution in [2.45, 2.75) is 109 Å². The Bertz CT molecular complexity index is 322. The van der Waals surface area contributed by atoms with E-state index in [-0.39, 0.29) is 13.2 Å². The fourth-order valence-corrected chi connectivity index (χ4v) is 4.47. The summed E-state index contributed by atoms with van der Waals surface area (Å²) >= 11 is 0. The summed E-state index contributed by atoms with van der Waals surface area (Å²) in [5.41, 5.74) is -0.406. The SMILES string of the molecule is CCCCCCCCC(CCCCCCCC)(CN(CCO)CCO)O[PH2]=O. The molecule has 0 saturated carbocycles. The van der Waals surface area contributed by atoms with Crippen molar-refractivity contribution < 1.29 is 19.3 Å². The minimum atomic E-state index is -1.26. The zero-order valence-electron chi connectivity index (χ0n) is 18.7. The predicted molar refractivity (Wildman–Crippen MR) is 121 cm³/mol. The van der Waals surface area contributed by atoms with E-state index in [1.807, 2.05) is 0 Å². The van der Waals surface area contributed by atoms with Crippen LogP contribution >= 0.6 is 8.69 Å². The molecular formula is C22H48NO4P. The predicted octanol–water partition coefficient (Wildman–Crippen LogP) is 5.20. The highest BCUT2D eigenvalue weighted by atomic mass is 31.1. The van der Waals surface area contributed by atoms with E-state index >= 15 is 0 Å². The highest BCUT2D eigenvalue weighted by Gasteiger charge is 2.32. The van der Waals surface area contributed by atoms with Gasteiger partial charge in [-0.2, -0.15) is 0 Å². The lowest BCUT2D eigenvalue weighted by atomic mass is 9.89. The van der Waals surface area contributed by atoms with Crippen molar-refractivity contribution in [3.05, 3.63) is 0 Å². The summed E-state index contributed by atoms with van der Waals surface area (Å²) in [6.07, 6.45) is 16.6. The van der Waals surface area contributed by atoms with Crippen LogP contribution in [0.4, 0.5) is 0 Å². The Balaban J connectivity index is 4.79. The van der Waals surface area contributed by atoms with Crippen LogP contribution in [-0.4, -0.2) is 53.6 Å². The number of unbranched alkanes of at least 4 members (excludes halogenated alkanes) is 10. The molecule has 0 aliphatic rings. The van der Waals surface area contributed by atoms with E-state index in [4.69, 9.17) is 4.52 Å². The molecule has 170 valence electrons. The molecule has 0 aromatic heterocycles. The quantitative estimate of drug-likeness (QED) is 0.186. The molecule has 0 bridgehead atoms. The van der Waals surface area contributed by atoms with Gasteiger partial charge in [-0.05, 0) is 12.8 Å². The van der Waals surface area contributed by atoms with E-state index in [0.717, 1.165) is 25.7 Å². The van der Waals surface area contributed by atoms with Gasteiger partial charge in [0.25, 0.3) is 0 Å². The summed E-state index contributed by atoms with van der Waals surface area (Å²) in [6, 6.07) is 0. The molecule has 0 spiro atoms. The van der Waals surface area contributed by atoms with Gasteiger partial charge in [0.05, 0.1) is 18.8 Å². The third-order valence-electron chi connectivity index (χ3n) is 5.61. The smallest absolute Gasteiger partial charge is 0.180 e. The summed E-state index contributed by atoms with van der Waals surface area (Å²) in [6.45, 7) is 6.27. The molecule has 0 fully saturated rings. The van der Waals surface area contributed by atoms with E-state index < -0.39 is 14.3 Å². The Hall–Kier alpha value is 0.0700. The summed E-state index contributed by atoms with van der Waals surface area (Å²) in [7, 11) is -1.26. The number of aliphatic hydroxyl groups is 2. The van der Waals surface area contributed by atoms with Crippen molar-refractivity contribution >= 4 is 8.69 Å². The maximum atomic E-state index is 11.5. The lowest BCUT2D eigenvalue weighted by Crippen LogP contribution is -2.45. The first-order chi connectivity index (χ1) is 13.7. The Morgan fingerprint density at radius 1 is 0.750 bits per heavy atom. The van der Waals surface area contributed by atoms with Crippen molar-refractivity contribution in [3.63, 3.8) is 0 Å². The molecule has 6 heteroatoms. The molecule has 5 nitrogen and oxygen atoms in total. The zero-order chi connectivity index (χ0) is 20.9. The van der Waals surface area contributed by atoms with E-state index in [0.29, 0.717) is 19.6 Å². The van der Waals surface area contributed by atoms with Crippen LogP contribution in [0.3, 0.4) is 0 Å². The third-order valence-corrected chi connectivity index (χ3v) is 6.21. The second kappa shape index (κ2) is 20.3. The van der Waals surface area contributed by atoms with Gasteiger partial charge in [0.15, 0.2) is 8.69 Å². The highest BCUT2D eigenvalue weighted by molar-refractivity contribution is 7.17. The van der Waals surface area contributed by atoms with Crippen LogP contribution in [-0.2, 0) is 9.09 Å². The lowest BCUT2D eigenvalue weighted by molar-refractivity contribution is 0.00991. The molecule has 0 aromatic rings. The zero-order valence-corrected chi connectivity index (χ0v) is 19.8. The monoisotopic (exact) mass is 421 g/mol. The Kier molecular flexibility index (Phi) is 20.4. The average Bonchev–Trinajstić information content (AvgIpc) is 2.68. The van der Waals surface area contributed by atoms with Gasteiger partial charge in [0.1, 0.15) is 0 Å². The first-order valence-corrected chi connectivity index (χ1v) is 12.7. The minimum Gasteiger partial charge on any atom is -0.395 e. The first kappa shape index (κ1) is 28.1. The van der Waals surface area contributed by atoms with E-state index in [2.05, 4.69) is 18.7 Å². The topological polar surface area (TPSA) is 70.0 Å². The molecule has 0 aliphatic carbocycles. The van der Waals surface area contributed by atoms with Crippen LogP contribution in [0.25, 0.3) is 0 Å². The standard InChI is InChI=1S/C22H48NO4P/c1-3-5-7-9-11-13-15-22(27-28-26,16-14-12-10-8-6-4-2)21-23(17-19-24)18-20-25/h24-25H,3-21,28H2,1-2H3. The second-order valence-electron chi connectivity index (χ2n) is 8.16. The van der Waals surface area contributed by atoms with Gasteiger partial charge in [-0.1, -0.05) is 90.9 Å².